The molecule has 0 spiro atoms. The van der Waals surface area contributed by atoms with Crippen LogP contribution in [0.15, 0.2) is 11.1 Å². The van der Waals surface area contributed by atoms with E-state index in [4.69, 9.17) is 12.2 Å². The van der Waals surface area contributed by atoms with Crippen molar-refractivity contribution in [3.63, 3.8) is 0 Å². The van der Waals surface area contributed by atoms with Gasteiger partial charge >= 0.3 is 0 Å². The molecule has 0 aromatic heterocycles. The first-order valence-corrected chi connectivity index (χ1v) is 5.97. The predicted molar refractivity (Wildman–Crippen MR) is 61.8 cm³/mol. The number of hydrogen-bond acceptors (Lipinski definition) is 4. The Balaban J connectivity index is 2.02. The van der Waals surface area contributed by atoms with Crippen LogP contribution in [0, 0.1) is 0 Å². The van der Waals surface area contributed by atoms with E-state index in [0.29, 0.717) is 4.32 Å². The topological polar surface area (TPSA) is 32.3 Å². The number of nitrogens with zero attached hydrogens (tertiary/aromatic N) is 1. The lowest BCUT2D eigenvalue weighted by Gasteiger charge is -2.25. The highest BCUT2D eigenvalue weighted by molar-refractivity contribution is 8.26. The van der Waals surface area contributed by atoms with Crippen LogP contribution in [0.2, 0.25) is 0 Å². The van der Waals surface area contributed by atoms with Crippen molar-refractivity contribution in [3.8, 4) is 0 Å². The summed E-state index contributed by atoms with van der Waals surface area (Å²) in [7, 11) is 0. The van der Waals surface area contributed by atoms with Crippen molar-refractivity contribution in [3.05, 3.63) is 11.1 Å². The van der Waals surface area contributed by atoms with Gasteiger partial charge in [-0.05, 0) is 19.3 Å². The van der Waals surface area contributed by atoms with Gasteiger partial charge in [0.05, 0.1) is 4.91 Å². The summed E-state index contributed by atoms with van der Waals surface area (Å²) in [5, 5.41) is 2.62. The fourth-order valence-electron chi connectivity index (χ4n) is 1.62. The van der Waals surface area contributed by atoms with Gasteiger partial charge < -0.3 is 10.2 Å². The number of carbonyl (C=O) groups is 1. The number of nitrogens with one attached hydrogen (secondary N) is 1. The molecule has 14 heavy (non-hydrogen) atoms. The molecule has 0 saturated carbocycles. The van der Waals surface area contributed by atoms with Crippen LogP contribution in [0.5, 0.6) is 0 Å². The van der Waals surface area contributed by atoms with E-state index in [0.717, 1.165) is 18.0 Å². The minimum absolute atomic E-state index is 0.0504. The van der Waals surface area contributed by atoms with Crippen LogP contribution < -0.4 is 5.32 Å². The molecule has 2 fully saturated rings. The van der Waals surface area contributed by atoms with Gasteiger partial charge in [0.25, 0.3) is 5.91 Å². The average Bonchev–Trinajstić information content (AvgIpc) is 2.47. The highest BCUT2D eigenvalue weighted by Gasteiger charge is 2.23. The molecule has 0 atom stereocenters. The van der Waals surface area contributed by atoms with Crippen molar-refractivity contribution in [2.45, 2.75) is 19.3 Å². The quantitative estimate of drug-likeness (QED) is 0.544. The predicted octanol–water partition coefficient (Wildman–Crippen LogP) is 1.46. The van der Waals surface area contributed by atoms with Crippen molar-refractivity contribution in [1.29, 1.82) is 0 Å². The lowest BCUT2D eigenvalue weighted by atomic mass is 10.1. The Morgan fingerprint density at radius 2 is 2.07 bits per heavy atom. The van der Waals surface area contributed by atoms with E-state index < -0.39 is 0 Å². The molecule has 0 bridgehead atoms. The summed E-state index contributed by atoms with van der Waals surface area (Å²) in [6, 6.07) is 0. The van der Waals surface area contributed by atoms with Gasteiger partial charge in [-0.2, -0.15) is 0 Å². The molecule has 0 aromatic rings. The average molecular weight is 228 g/mol. The molecule has 0 aromatic carbocycles. The molecule has 2 rings (SSSR count). The van der Waals surface area contributed by atoms with Gasteiger partial charge in [-0.3, -0.25) is 4.79 Å². The minimum atomic E-state index is -0.0504. The van der Waals surface area contributed by atoms with E-state index in [9.17, 15) is 4.79 Å². The number of thioether (sulfide) groups is 1. The standard InChI is InChI=1S/C9H12N2OS2/c12-8-7(14-9(13)10-8)6-11-4-2-1-3-5-11/h6H,1-5H2,(H,10,12,13)/b7-6-. The maximum absolute atomic E-state index is 11.3. The smallest absolute Gasteiger partial charge is 0.265 e. The maximum Gasteiger partial charge on any atom is 0.265 e. The van der Waals surface area contributed by atoms with Gasteiger partial charge in [0.2, 0.25) is 0 Å². The largest absolute Gasteiger partial charge is 0.376 e. The number of thiocarbonyl (C=S) groups is 1. The third-order valence-electron chi connectivity index (χ3n) is 2.33. The number of hydrogen-bond donors (Lipinski definition) is 1. The molecule has 2 saturated heterocycles. The number of amides is 1. The normalized spacial score (nSPS) is 25.7. The Hall–Kier alpha value is -0.550. The molecule has 0 aliphatic carbocycles. The van der Waals surface area contributed by atoms with Gasteiger partial charge in [0, 0.05) is 19.3 Å². The second kappa shape index (κ2) is 4.31. The summed E-state index contributed by atoms with van der Waals surface area (Å²) in [4.78, 5) is 14.3. The summed E-state index contributed by atoms with van der Waals surface area (Å²) < 4.78 is 0.568. The number of carbonyl (C=O) groups excluding carboxylic acids is 1. The Morgan fingerprint density at radius 3 is 2.64 bits per heavy atom. The lowest BCUT2D eigenvalue weighted by molar-refractivity contribution is -0.115. The monoisotopic (exact) mass is 228 g/mol. The van der Waals surface area contributed by atoms with E-state index in [-0.39, 0.29) is 5.91 Å². The maximum atomic E-state index is 11.3. The zero-order valence-electron chi connectivity index (χ0n) is 7.78. The van der Waals surface area contributed by atoms with Gasteiger partial charge in [0.15, 0.2) is 0 Å². The Labute approximate surface area is 92.9 Å². The number of rotatable bonds is 1. The highest BCUT2D eigenvalue weighted by Crippen LogP contribution is 2.24. The van der Waals surface area contributed by atoms with Crippen LogP contribution in [0.1, 0.15) is 19.3 Å². The summed E-state index contributed by atoms with van der Waals surface area (Å²) in [6.07, 6.45) is 5.69. The molecular formula is C9H12N2OS2. The second-order valence-corrected chi connectivity index (χ2v) is 5.15. The van der Waals surface area contributed by atoms with Gasteiger partial charge in [-0.15, -0.1) is 0 Å². The van der Waals surface area contributed by atoms with Crippen LogP contribution in [0.3, 0.4) is 0 Å². The van der Waals surface area contributed by atoms with Crippen molar-refractivity contribution >= 4 is 34.2 Å². The SMILES string of the molecule is O=C1NC(=S)S/C1=C\N1CCCCC1. The first-order chi connectivity index (χ1) is 6.75. The Morgan fingerprint density at radius 1 is 1.36 bits per heavy atom. The molecule has 0 radical (unpaired) electrons. The van der Waals surface area contributed by atoms with Crippen LogP contribution >= 0.6 is 24.0 Å². The van der Waals surface area contributed by atoms with Gasteiger partial charge in [-0.1, -0.05) is 24.0 Å². The van der Waals surface area contributed by atoms with Crippen molar-refractivity contribution < 1.29 is 4.79 Å². The third kappa shape index (κ3) is 2.27. The summed E-state index contributed by atoms with van der Waals surface area (Å²) in [5.74, 6) is -0.0504. The molecule has 1 N–H and O–H groups in total. The molecule has 5 heteroatoms. The molecule has 76 valence electrons. The minimum Gasteiger partial charge on any atom is -0.376 e. The van der Waals surface area contributed by atoms with Crippen LogP contribution in [0.4, 0.5) is 0 Å². The van der Waals surface area contributed by atoms with E-state index in [1.807, 2.05) is 6.20 Å². The van der Waals surface area contributed by atoms with Crippen molar-refractivity contribution in [2.24, 2.45) is 0 Å². The Bertz CT molecular complexity index is 295. The van der Waals surface area contributed by atoms with E-state index in [1.165, 1.54) is 31.0 Å². The van der Waals surface area contributed by atoms with E-state index in [2.05, 4.69) is 10.2 Å². The van der Waals surface area contributed by atoms with E-state index in [1.54, 1.807) is 0 Å². The molecule has 2 aliphatic rings. The first kappa shape index (κ1) is 9.98. The molecule has 0 unspecified atom stereocenters. The lowest BCUT2D eigenvalue weighted by Crippen LogP contribution is -2.25. The van der Waals surface area contributed by atoms with E-state index >= 15 is 0 Å². The highest BCUT2D eigenvalue weighted by atomic mass is 32.2. The van der Waals surface area contributed by atoms with Crippen molar-refractivity contribution in [2.75, 3.05) is 13.1 Å². The molecule has 2 aliphatic heterocycles. The molecule has 3 nitrogen and oxygen atoms in total. The Kier molecular flexibility index (Phi) is 3.08. The first-order valence-electron chi connectivity index (χ1n) is 4.75. The molecular weight excluding hydrogens is 216 g/mol. The molecule has 1 amide bonds. The van der Waals surface area contributed by atoms with Crippen LogP contribution in [-0.2, 0) is 4.79 Å². The number of likely N-dealkylation sites (tertiary alicyclic amines) is 1. The van der Waals surface area contributed by atoms with Gasteiger partial charge in [0.1, 0.15) is 4.32 Å². The zero-order valence-corrected chi connectivity index (χ0v) is 9.42. The fourth-order valence-corrected chi connectivity index (χ4v) is 2.68. The summed E-state index contributed by atoms with van der Waals surface area (Å²) in [6.45, 7) is 2.12. The fraction of sp³-hybridized carbons (Fsp3) is 0.556. The van der Waals surface area contributed by atoms with Crippen LogP contribution in [0.25, 0.3) is 0 Å². The van der Waals surface area contributed by atoms with Crippen LogP contribution in [-0.4, -0.2) is 28.2 Å². The third-order valence-corrected chi connectivity index (χ3v) is 3.48. The second-order valence-electron chi connectivity index (χ2n) is 3.43. The summed E-state index contributed by atoms with van der Waals surface area (Å²) >= 11 is 6.27. The van der Waals surface area contributed by atoms with Crippen molar-refractivity contribution in [1.82, 2.24) is 10.2 Å². The molecule has 2 heterocycles. The van der Waals surface area contributed by atoms with Gasteiger partial charge in [-0.25, -0.2) is 0 Å². The number of piperidine rings is 1. The zero-order chi connectivity index (χ0) is 9.97. The summed E-state index contributed by atoms with van der Waals surface area (Å²) in [5.41, 5.74) is 0.